The topological polar surface area (TPSA) is 82.7 Å². The highest BCUT2D eigenvalue weighted by Gasteiger charge is 2.36. The van der Waals surface area contributed by atoms with Crippen molar-refractivity contribution in [3.05, 3.63) is 29.8 Å². The number of nitrogen functional groups attached to an aromatic ring is 1. The molecule has 0 radical (unpaired) electrons. The molecule has 0 spiro atoms. The fourth-order valence-corrected chi connectivity index (χ4v) is 4.58. The van der Waals surface area contributed by atoms with E-state index in [1.165, 1.54) is 5.69 Å². The molecule has 0 bridgehead atoms. The summed E-state index contributed by atoms with van der Waals surface area (Å²) in [5.74, 6) is 0.0218. The van der Waals surface area contributed by atoms with Gasteiger partial charge in [0.1, 0.15) is 11.4 Å². The third-order valence-corrected chi connectivity index (χ3v) is 6.31. The molecule has 0 aliphatic carbocycles. The molecule has 1 aromatic carbocycles. The Morgan fingerprint density at radius 2 is 1.70 bits per heavy atom. The zero-order valence-electron chi connectivity index (χ0n) is 19.0. The van der Waals surface area contributed by atoms with Crippen molar-refractivity contribution in [1.29, 1.82) is 5.41 Å². The number of nitrogens with zero attached hydrogens (tertiary/aromatic N) is 3. The Kier molecular flexibility index (Phi) is 6.72. The molecule has 0 amide bonds. The molecule has 3 N–H and O–H groups in total. The van der Waals surface area contributed by atoms with E-state index in [0.29, 0.717) is 12.6 Å². The number of piperidine rings is 1. The molecule has 2 fully saturated rings. The maximum atomic E-state index is 12.3. The lowest BCUT2D eigenvalue weighted by molar-refractivity contribution is -0.907. The summed E-state index contributed by atoms with van der Waals surface area (Å²) in [5, 5.41) is 7.52. The molecule has 166 valence electrons. The van der Waals surface area contributed by atoms with Crippen LogP contribution >= 0.6 is 0 Å². The summed E-state index contributed by atoms with van der Waals surface area (Å²) >= 11 is 0. The van der Waals surface area contributed by atoms with Crippen LogP contribution in [0.15, 0.2) is 24.3 Å². The van der Waals surface area contributed by atoms with Gasteiger partial charge in [0.05, 0.1) is 20.1 Å². The van der Waals surface area contributed by atoms with Gasteiger partial charge in [0.2, 0.25) is 0 Å². The van der Waals surface area contributed by atoms with E-state index in [2.05, 4.69) is 29.0 Å². The minimum Gasteiger partial charge on any atom is -0.456 e. The van der Waals surface area contributed by atoms with Gasteiger partial charge in [0, 0.05) is 56.3 Å². The Morgan fingerprint density at radius 3 is 2.20 bits per heavy atom. The van der Waals surface area contributed by atoms with Gasteiger partial charge in [-0.15, -0.1) is 0 Å². The van der Waals surface area contributed by atoms with Crippen LogP contribution in [0.4, 0.5) is 5.69 Å². The van der Waals surface area contributed by atoms with Gasteiger partial charge in [-0.2, -0.15) is 0 Å². The maximum absolute atomic E-state index is 12.3. The Morgan fingerprint density at radius 1 is 1.13 bits per heavy atom. The number of nitrogens with two attached hydrogens (primary N) is 1. The average Bonchev–Trinajstić information content (AvgIpc) is 2.67. The molecule has 0 unspecified atom stereocenters. The largest absolute Gasteiger partial charge is 0.456 e. The van der Waals surface area contributed by atoms with Crippen LogP contribution < -0.4 is 10.6 Å². The molecule has 30 heavy (non-hydrogen) atoms. The van der Waals surface area contributed by atoms with Crippen LogP contribution in [-0.2, 0) is 9.53 Å². The highest BCUT2D eigenvalue weighted by Crippen LogP contribution is 2.24. The number of hydrogen-bond donors (Lipinski definition) is 2. The molecular weight excluding hydrogens is 378 g/mol. The molecule has 2 saturated heterocycles. The SMILES string of the molecule is CC(C)(C)OC(=O)C[N@+]1(C)CC[C@@H](N2CCN(c3ccc(C(=N)N)cc3)CC2)CC1. The number of anilines is 1. The highest BCUT2D eigenvalue weighted by atomic mass is 16.6. The molecule has 2 aliphatic heterocycles. The number of amidine groups is 1. The molecule has 0 atom stereocenters. The molecular formula is C23H38N5O2+. The number of likely N-dealkylation sites (N-methyl/N-ethyl adjacent to an activating group) is 1. The normalized spacial score (nSPS) is 25.7. The smallest absolute Gasteiger partial charge is 0.362 e. The van der Waals surface area contributed by atoms with Gasteiger partial charge in [0.25, 0.3) is 0 Å². The Bertz CT molecular complexity index is 740. The van der Waals surface area contributed by atoms with E-state index in [0.717, 1.165) is 62.2 Å². The van der Waals surface area contributed by atoms with Crippen molar-refractivity contribution < 1.29 is 14.0 Å². The van der Waals surface area contributed by atoms with E-state index in [4.69, 9.17) is 15.9 Å². The van der Waals surface area contributed by atoms with E-state index in [9.17, 15) is 4.79 Å². The summed E-state index contributed by atoms with van der Waals surface area (Å²) in [5.41, 5.74) is 7.11. The van der Waals surface area contributed by atoms with Crippen molar-refractivity contribution in [3.63, 3.8) is 0 Å². The summed E-state index contributed by atoms with van der Waals surface area (Å²) in [6, 6.07) is 8.58. The fraction of sp³-hybridized carbons (Fsp3) is 0.652. The number of benzene rings is 1. The van der Waals surface area contributed by atoms with E-state index >= 15 is 0 Å². The van der Waals surface area contributed by atoms with Gasteiger partial charge in [0.15, 0.2) is 6.54 Å². The van der Waals surface area contributed by atoms with Gasteiger partial charge in [-0.05, 0) is 45.0 Å². The summed E-state index contributed by atoms with van der Waals surface area (Å²) < 4.78 is 6.32. The van der Waals surface area contributed by atoms with E-state index in [1.54, 1.807) is 0 Å². The molecule has 1 aromatic rings. The minimum atomic E-state index is -0.416. The van der Waals surface area contributed by atoms with Crippen molar-refractivity contribution in [1.82, 2.24) is 4.90 Å². The Labute approximate surface area is 180 Å². The fourth-order valence-electron chi connectivity index (χ4n) is 4.58. The number of piperazine rings is 1. The van der Waals surface area contributed by atoms with Crippen LogP contribution in [0.25, 0.3) is 0 Å². The third-order valence-electron chi connectivity index (χ3n) is 6.31. The predicted molar refractivity (Wildman–Crippen MR) is 121 cm³/mol. The maximum Gasteiger partial charge on any atom is 0.362 e. The van der Waals surface area contributed by atoms with Gasteiger partial charge in [-0.3, -0.25) is 10.3 Å². The van der Waals surface area contributed by atoms with E-state index in [-0.39, 0.29) is 11.8 Å². The van der Waals surface area contributed by atoms with Crippen LogP contribution in [0.5, 0.6) is 0 Å². The second kappa shape index (κ2) is 8.94. The summed E-state index contributed by atoms with van der Waals surface area (Å²) in [4.78, 5) is 17.3. The number of quaternary nitrogens is 1. The standard InChI is InChI=1S/C23H38N5O2/c1-23(2,3)30-21(29)17-28(4)15-9-20(10-16-28)27-13-11-26(12-14-27)19-7-5-18(6-8-19)22(24)25/h5-8,20H,9-17H2,1-4H3,(H3,24,25)/q+1/t20-,28-. The zero-order chi connectivity index (χ0) is 21.9. The molecule has 0 saturated carbocycles. The number of nitrogens with one attached hydrogen (secondary N) is 1. The summed E-state index contributed by atoms with van der Waals surface area (Å²) in [6.45, 7) is 12.4. The molecule has 7 nitrogen and oxygen atoms in total. The first kappa shape index (κ1) is 22.6. The van der Waals surface area contributed by atoms with Crippen LogP contribution in [0, 0.1) is 5.41 Å². The zero-order valence-corrected chi connectivity index (χ0v) is 19.0. The van der Waals surface area contributed by atoms with Gasteiger partial charge in [-0.25, -0.2) is 4.79 Å². The number of esters is 1. The van der Waals surface area contributed by atoms with Crippen molar-refractivity contribution in [2.24, 2.45) is 5.73 Å². The highest BCUT2D eigenvalue weighted by molar-refractivity contribution is 5.95. The van der Waals surface area contributed by atoms with Crippen LogP contribution in [0.2, 0.25) is 0 Å². The molecule has 2 aliphatic rings. The van der Waals surface area contributed by atoms with Crippen molar-refractivity contribution in [2.75, 3.05) is 57.8 Å². The third kappa shape index (κ3) is 5.95. The molecule has 7 heteroatoms. The first-order valence-electron chi connectivity index (χ1n) is 11.0. The molecule has 0 aromatic heterocycles. The number of ether oxygens (including phenoxy) is 1. The van der Waals surface area contributed by atoms with Crippen molar-refractivity contribution >= 4 is 17.5 Å². The first-order valence-corrected chi connectivity index (χ1v) is 11.0. The minimum absolute atomic E-state index is 0.0899. The Balaban J connectivity index is 1.46. The van der Waals surface area contributed by atoms with Crippen molar-refractivity contribution in [3.8, 4) is 0 Å². The van der Waals surface area contributed by atoms with Gasteiger partial charge >= 0.3 is 5.97 Å². The quantitative estimate of drug-likeness (QED) is 0.332. The first-order chi connectivity index (χ1) is 14.0. The molecule has 2 heterocycles. The monoisotopic (exact) mass is 416 g/mol. The lowest BCUT2D eigenvalue weighted by Gasteiger charge is -2.46. The average molecular weight is 417 g/mol. The number of carbonyl (C=O) groups excluding carboxylic acids is 1. The Hall–Kier alpha value is -2.12. The number of hydrogen-bond acceptors (Lipinski definition) is 5. The van der Waals surface area contributed by atoms with E-state index in [1.807, 2.05) is 32.9 Å². The molecule has 3 rings (SSSR count). The van der Waals surface area contributed by atoms with Gasteiger partial charge < -0.3 is 19.9 Å². The second-order valence-corrected chi connectivity index (χ2v) is 10.0. The lowest BCUT2D eigenvalue weighted by Crippen LogP contribution is -2.59. The van der Waals surface area contributed by atoms with E-state index < -0.39 is 5.60 Å². The number of carbonyl (C=O) groups is 1. The van der Waals surface area contributed by atoms with Crippen LogP contribution in [0.1, 0.15) is 39.2 Å². The summed E-state index contributed by atoms with van der Waals surface area (Å²) in [6.07, 6.45) is 2.26. The van der Waals surface area contributed by atoms with Gasteiger partial charge in [-0.1, -0.05) is 0 Å². The predicted octanol–water partition coefficient (Wildman–Crippen LogP) is 2.04. The van der Waals surface area contributed by atoms with Crippen LogP contribution in [-0.4, -0.2) is 85.7 Å². The lowest BCUT2D eigenvalue weighted by atomic mass is 10.00. The number of likely N-dealkylation sites (tertiary alicyclic amines) is 1. The summed E-state index contributed by atoms with van der Waals surface area (Å²) in [7, 11) is 2.18. The second-order valence-electron chi connectivity index (χ2n) is 10.0. The number of rotatable bonds is 5. The van der Waals surface area contributed by atoms with Crippen LogP contribution in [0.3, 0.4) is 0 Å². The van der Waals surface area contributed by atoms with Crippen molar-refractivity contribution in [2.45, 2.75) is 45.3 Å².